The van der Waals surface area contributed by atoms with E-state index in [1.807, 2.05) is 27.7 Å². The van der Waals surface area contributed by atoms with Gasteiger partial charge < -0.3 is 52.8 Å². The van der Waals surface area contributed by atoms with Crippen molar-refractivity contribution in [2.75, 3.05) is 39.6 Å². The van der Waals surface area contributed by atoms with Crippen LogP contribution in [0.2, 0.25) is 0 Å². The van der Waals surface area contributed by atoms with Crippen molar-refractivity contribution in [1.82, 2.24) is 0 Å². The van der Waals surface area contributed by atoms with E-state index in [1.165, 1.54) is 0 Å². The fourth-order valence-electron chi connectivity index (χ4n) is 4.67. The van der Waals surface area contributed by atoms with Crippen molar-refractivity contribution < 1.29 is 137 Å². The molecule has 0 spiro atoms. The van der Waals surface area contributed by atoms with Gasteiger partial charge in [-0.2, -0.15) is 0 Å². The predicted octanol–water partition coefficient (Wildman–Crippen LogP) is 5.87. The minimum atomic E-state index is -1.00. The van der Waals surface area contributed by atoms with Gasteiger partial charge in [-0.1, -0.05) is 39.8 Å². The van der Waals surface area contributed by atoms with Gasteiger partial charge in [-0.3, -0.25) is 0 Å². The number of carbonyl (C=O) groups excluding carboxylic acids is 4. The molecule has 2 N–H and O–H groups in total. The van der Waals surface area contributed by atoms with Crippen molar-refractivity contribution >= 4 is 24.6 Å². The van der Waals surface area contributed by atoms with Gasteiger partial charge in [-0.05, 0) is 64.2 Å². The van der Waals surface area contributed by atoms with Crippen molar-refractivity contribution in [2.45, 2.75) is 117 Å². The zero-order chi connectivity index (χ0) is 37.2. The van der Waals surface area contributed by atoms with E-state index in [1.54, 1.807) is 26.0 Å². The Morgan fingerprint density at radius 1 is 0.608 bits per heavy atom. The molecule has 0 aliphatic heterocycles. The third-order valence-corrected chi connectivity index (χ3v) is 7.10. The number of hydrogen-bond donors (Lipinski definition) is 2. The van der Waals surface area contributed by atoms with Crippen molar-refractivity contribution in [1.29, 1.82) is 0 Å². The molecule has 2 aliphatic rings. The van der Waals surface area contributed by atoms with E-state index in [0.29, 0.717) is 25.7 Å². The smallest absolute Gasteiger partial charge is 0.431 e. The maximum absolute atomic E-state index is 11.9. The summed E-state index contributed by atoms with van der Waals surface area (Å²) in [5.41, 5.74) is 0. The third kappa shape index (κ3) is 25.3. The number of aliphatic hydroxyl groups is 2. The molecule has 2 fully saturated rings. The van der Waals surface area contributed by atoms with Gasteiger partial charge >= 0.3 is 24.6 Å². The standard InChI is InChI=1S/C30H46O15.2C2H6.2Y/c1-5-21-8-10-25(24(32)15-21)44-29(35)40-13-11-38-27(33)42-19(3)17-37-18-20(4)43-28(34)39-12-14-41-30(36)45-26-16-22(6-2)7-9-23(26)31;2*1-2;;/h5-6,19-26,31-32H,1-2,7-18H2,3-4H3;2*1-2H3;;. The van der Waals surface area contributed by atoms with Crippen LogP contribution in [-0.2, 0) is 108 Å². The third-order valence-electron chi connectivity index (χ3n) is 7.10. The number of aliphatic hydroxyl groups excluding tert-OH is 2. The maximum Gasteiger partial charge on any atom is 0.508 e. The molecular weight excluding hydrogens is 826 g/mol. The summed E-state index contributed by atoms with van der Waals surface area (Å²) in [6.07, 6.45) is -1.34. The summed E-state index contributed by atoms with van der Waals surface area (Å²) in [5.74, 6) is 0.325. The minimum Gasteiger partial charge on any atom is -0.431 e. The molecule has 51 heavy (non-hydrogen) atoms. The molecular formula is C34H58O15Y2. The van der Waals surface area contributed by atoms with E-state index < -0.39 is 61.2 Å². The molecule has 15 nitrogen and oxygen atoms in total. The van der Waals surface area contributed by atoms with Crippen molar-refractivity contribution in [2.24, 2.45) is 11.8 Å². The van der Waals surface area contributed by atoms with E-state index in [4.69, 9.17) is 42.6 Å². The maximum atomic E-state index is 11.9. The van der Waals surface area contributed by atoms with E-state index >= 15 is 0 Å². The summed E-state index contributed by atoms with van der Waals surface area (Å²) in [7, 11) is 0. The van der Waals surface area contributed by atoms with Gasteiger partial charge in [0.25, 0.3) is 0 Å². The fraction of sp³-hybridized carbons (Fsp3) is 0.765. The molecule has 17 heteroatoms. The van der Waals surface area contributed by atoms with E-state index in [2.05, 4.69) is 13.2 Å². The Kier molecular flexibility index (Phi) is 35.2. The average molecular weight is 885 g/mol. The summed E-state index contributed by atoms with van der Waals surface area (Å²) in [6.45, 7) is 17.4. The van der Waals surface area contributed by atoms with E-state index in [-0.39, 0.29) is 117 Å². The molecule has 2 saturated carbocycles. The molecule has 0 amide bonds. The number of rotatable bonds is 16. The Balaban J connectivity index is -0.00000370. The number of carbonyl (C=O) groups is 4. The molecule has 0 bridgehead atoms. The molecule has 2 rings (SSSR count). The van der Waals surface area contributed by atoms with Gasteiger partial charge in [0.05, 0.1) is 25.4 Å². The Morgan fingerprint density at radius 3 is 1.43 bits per heavy atom. The predicted molar refractivity (Wildman–Crippen MR) is 177 cm³/mol. The second-order valence-corrected chi connectivity index (χ2v) is 10.9. The molecule has 0 aromatic carbocycles. The minimum absolute atomic E-state index is 0. The zero-order valence-electron chi connectivity index (χ0n) is 31.0. The van der Waals surface area contributed by atoms with Gasteiger partial charge in [0.1, 0.15) is 50.8 Å². The molecule has 8 unspecified atom stereocenters. The van der Waals surface area contributed by atoms with Crippen LogP contribution < -0.4 is 0 Å². The summed E-state index contributed by atoms with van der Waals surface area (Å²) in [5, 5.41) is 20.0. The van der Waals surface area contributed by atoms with Crippen LogP contribution in [0.15, 0.2) is 25.3 Å². The topological polar surface area (TPSA) is 192 Å². The Labute approximate surface area is 352 Å². The molecule has 0 heterocycles. The van der Waals surface area contributed by atoms with Gasteiger partial charge in [0.15, 0.2) is 0 Å². The van der Waals surface area contributed by atoms with Gasteiger partial charge in [0.2, 0.25) is 0 Å². The summed E-state index contributed by atoms with van der Waals surface area (Å²) < 4.78 is 45.1. The number of hydrogen-bond acceptors (Lipinski definition) is 15. The number of allylic oxidation sites excluding steroid dienone is 2. The van der Waals surface area contributed by atoms with Crippen molar-refractivity contribution in [3.8, 4) is 0 Å². The normalized spacial score (nSPS) is 23.0. The van der Waals surface area contributed by atoms with Gasteiger partial charge in [-0.25, -0.2) is 19.2 Å². The molecule has 290 valence electrons. The second-order valence-electron chi connectivity index (χ2n) is 10.9. The van der Waals surface area contributed by atoms with Crippen LogP contribution in [0.4, 0.5) is 19.2 Å². The first-order valence-corrected chi connectivity index (χ1v) is 17.0. The Bertz CT molecular complexity index is 970. The van der Waals surface area contributed by atoms with Crippen LogP contribution in [-0.4, -0.2) is 111 Å². The van der Waals surface area contributed by atoms with Gasteiger partial charge in [-0.15, -0.1) is 13.2 Å². The number of ether oxygens (including phenoxy) is 9. The van der Waals surface area contributed by atoms with Crippen LogP contribution in [0.5, 0.6) is 0 Å². The first-order chi connectivity index (χ1) is 23.5. The SMILES string of the molecule is C=CC1CCC(OC(=O)OCCOC(=O)OC(C)COCC(C)OC(=O)OCCOC(=O)OC2CC(C=C)CCC2O)C(O)C1.CC.CC.[Y].[Y]. The van der Waals surface area contributed by atoms with Crippen LogP contribution >= 0.6 is 0 Å². The second kappa shape index (κ2) is 33.2. The van der Waals surface area contributed by atoms with Crippen LogP contribution in [0, 0.1) is 11.8 Å². The summed E-state index contributed by atoms with van der Waals surface area (Å²) >= 11 is 0. The molecule has 0 aromatic rings. The van der Waals surface area contributed by atoms with E-state index in [9.17, 15) is 29.4 Å². The molecule has 2 aliphatic carbocycles. The molecule has 8 atom stereocenters. The Hall–Kier alpha value is -1.35. The largest absolute Gasteiger partial charge is 0.508 e. The van der Waals surface area contributed by atoms with Crippen LogP contribution in [0.3, 0.4) is 0 Å². The zero-order valence-corrected chi connectivity index (χ0v) is 36.7. The monoisotopic (exact) mass is 884 g/mol. The van der Waals surface area contributed by atoms with Crippen molar-refractivity contribution in [3.63, 3.8) is 0 Å². The van der Waals surface area contributed by atoms with Gasteiger partial charge in [0, 0.05) is 65.4 Å². The first-order valence-electron chi connectivity index (χ1n) is 17.0. The Morgan fingerprint density at radius 2 is 1.00 bits per heavy atom. The quantitative estimate of drug-likeness (QED) is 0.0809. The first kappa shape index (κ1) is 54.0. The summed E-state index contributed by atoms with van der Waals surface area (Å²) in [6, 6.07) is 0. The van der Waals surface area contributed by atoms with E-state index in [0.717, 1.165) is 12.8 Å². The fourth-order valence-corrected chi connectivity index (χ4v) is 4.67. The summed E-state index contributed by atoms with van der Waals surface area (Å²) in [4.78, 5) is 47.3. The molecule has 0 saturated heterocycles. The average Bonchev–Trinajstić information content (AvgIpc) is 3.08. The van der Waals surface area contributed by atoms with Crippen LogP contribution in [0.25, 0.3) is 0 Å². The molecule has 0 aromatic heterocycles. The van der Waals surface area contributed by atoms with Crippen LogP contribution in [0.1, 0.15) is 80.1 Å². The molecule has 2 radical (unpaired) electrons. The van der Waals surface area contributed by atoms with Crippen molar-refractivity contribution in [3.05, 3.63) is 25.3 Å².